The Morgan fingerprint density at radius 2 is 1.83 bits per heavy atom. The lowest BCUT2D eigenvalue weighted by atomic mass is 9.85. The van der Waals surface area contributed by atoms with Gasteiger partial charge in [0.2, 0.25) is 5.78 Å². The smallest absolute Gasteiger partial charge is 0.268 e. The third-order valence-corrected chi connectivity index (χ3v) is 6.12. The first kappa shape index (κ1) is 17.6. The molecule has 0 aliphatic heterocycles. The summed E-state index contributed by atoms with van der Waals surface area (Å²) in [6.45, 7) is 0. The Hall–Kier alpha value is -3.22. The van der Waals surface area contributed by atoms with Crippen LogP contribution >= 0.6 is 23.2 Å². The van der Waals surface area contributed by atoms with E-state index in [1.165, 1.54) is 9.96 Å². The Morgan fingerprint density at radius 3 is 2.70 bits per heavy atom. The fourth-order valence-electron chi connectivity index (χ4n) is 4.21. The van der Waals surface area contributed by atoms with Gasteiger partial charge in [0.15, 0.2) is 11.5 Å². The van der Waals surface area contributed by atoms with Gasteiger partial charge in [-0.25, -0.2) is 14.5 Å². The van der Waals surface area contributed by atoms with Crippen LogP contribution in [-0.4, -0.2) is 24.6 Å². The number of hydrogen-bond donors (Lipinski definition) is 1. The second-order valence-electron chi connectivity index (χ2n) is 7.26. The highest BCUT2D eigenvalue weighted by molar-refractivity contribution is 6.36. The maximum atomic E-state index is 13.8. The van der Waals surface area contributed by atoms with E-state index in [1.807, 2.05) is 24.4 Å². The van der Waals surface area contributed by atoms with E-state index in [2.05, 4.69) is 26.2 Å². The minimum absolute atomic E-state index is 0.231. The highest BCUT2D eigenvalue weighted by atomic mass is 35.5. The lowest BCUT2D eigenvalue weighted by Crippen LogP contribution is -2.19. The van der Waals surface area contributed by atoms with E-state index < -0.39 is 0 Å². The molecule has 2 aromatic carbocycles. The van der Waals surface area contributed by atoms with Gasteiger partial charge in [0.1, 0.15) is 0 Å². The van der Waals surface area contributed by atoms with Gasteiger partial charge in [-0.15, -0.1) is 0 Å². The highest BCUT2D eigenvalue weighted by Gasteiger charge is 2.24. The third kappa shape index (κ3) is 2.44. The molecule has 0 unspecified atom stereocenters. The molecule has 0 saturated heterocycles. The summed E-state index contributed by atoms with van der Waals surface area (Å²) in [5, 5.41) is 8.55. The highest BCUT2D eigenvalue weighted by Crippen LogP contribution is 2.36. The summed E-state index contributed by atoms with van der Waals surface area (Å²) in [7, 11) is 0. The van der Waals surface area contributed by atoms with Crippen LogP contribution < -0.4 is 5.56 Å². The van der Waals surface area contributed by atoms with Crippen molar-refractivity contribution in [3.63, 3.8) is 0 Å². The lowest BCUT2D eigenvalue weighted by molar-refractivity contribution is 0.933. The number of halogens is 2. The van der Waals surface area contributed by atoms with Gasteiger partial charge >= 0.3 is 0 Å². The maximum absolute atomic E-state index is 13.8. The molecule has 0 atom stereocenters. The van der Waals surface area contributed by atoms with Gasteiger partial charge < -0.3 is 0 Å². The van der Waals surface area contributed by atoms with Gasteiger partial charge in [0, 0.05) is 22.3 Å². The molecule has 1 N–H and O–H groups in total. The predicted molar refractivity (Wildman–Crippen MR) is 117 cm³/mol. The number of aromatic nitrogens is 5. The van der Waals surface area contributed by atoms with Crippen LogP contribution in [0.3, 0.4) is 0 Å². The van der Waals surface area contributed by atoms with Crippen LogP contribution in [0.4, 0.5) is 0 Å². The zero-order valence-corrected chi connectivity index (χ0v) is 17.0. The Morgan fingerprint density at radius 1 is 1.00 bits per heavy atom. The Bertz CT molecular complexity index is 1550. The first-order chi connectivity index (χ1) is 14.6. The van der Waals surface area contributed by atoms with E-state index in [1.54, 1.807) is 18.2 Å². The van der Waals surface area contributed by atoms with Crippen molar-refractivity contribution in [2.24, 2.45) is 0 Å². The number of hydrogen-bond acceptors (Lipinski definition) is 4. The standard InChI is InChI=1S/C22H13Cl2N5O/c23-13-7-8-15(16(24)9-13)20-27-28-22-26-19-18(21(30)29(20)22)17-12(10-25-19)6-5-11-3-1-2-4-14(11)17/h1-4,7-10H,5-6H2,(H,25,26,28). The molecule has 3 heterocycles. The number of H-pyrrole nitrogens is 1. The maximum Gasteiger partial charge on any atom is 0.271 e. The Labute approximate surface area is 180 Å². The molecule has 0 saturated carbocycles. The van der Waals surface area contributed by atoms with Crippen LogP contribution in [0, 0.1) is 0 Å². The molecular weight excluding hydrogens is 421 g/mol. The van der Waals surface area contributed by atoms with Crippen LogP contribution in [0.2, 0.25) is 10.0 Å². The van der Waals surface area contributed by atoms with Gasteiger partial charge in [-0.2, -0.15) is 10.1 Å². The average Bonchev–Trinajstić information content (AvgIpc) is 3.17. The molecular formula is C22H13Cl2N5O. The molecule has 30 heavy (non-hydrogen) atoms. The first-order valence-electron chi connectivity index (χ1n) is 9.44. The summed E-state index contributed by atoms with van der Waals surface area (Å²) in [4.78, 5) is 22.8. The second kappa shape index (κ2) is 6.39. The zero-order chi connectivity index (χ0) is 20.4. The molecule has 5 aromatic rings. The van der Waals surface area contributed by atoms with Gasteiger partial charge in [0.05, 0.1) is 10.4 Å². The SMILES string of the molecule is O=c1c2c3c(cnc2nc2[nH]nc(-c4ccc(Cl)cc4Cl)n12)CCc1ccccc1-3. The van der Waals surface area contributed by atoms with Crippen LogP contribution in [0.1, 0.15) is 11.1 Å². The van der Waals surface area contributed by atoms with E-state index in [0.29, 0.717) is 38.2 Å². The van der Waals surface area contributed by atoms with Crippen molar-refractivity contribution < 1.29 is 0 Å². The van der Waals surface area contributed by atoms with Crippen molar-refractivity contribution in [3.05, 3.63) is 80.2 Å². The Kier molecular flexibility index (Phi) is 3.75. The van der Waals surface area contributed by atoms with Crippen LogP contribution in [0.5, 0.6) is 0 Å². The fraction of sp³-hybridized carbons (Fsp3) is 0.0909. The van der Waals surface area contributed by atoms with Crippen LogP contribution in [0.15, 0.2) is 53.5 Å². The summed E-state index contributed by atoms with van der Waals surface area (Å²) in [5.41, 5.74) is 4.99. The van der Waals surface area contributed by atoms with E-state index in [0.717, 1.165) is 29.5 Å². The lowest BCUT2D eigenvalue weighted by Gasteiger charge is -2.20. The van der Waals surface area contributed by atoms with Crippen molar-refractivity contribution in [2.75, 3.05) is 0 Å². The van der Waals surface area contributed by atoms with Gasteiger partial charge in [-0.3, -0.25) is 4.79 Å². The number of pyridine rings is 1. The molecule has 0 bridgehead atoms. The molecule has 1 aliphatic carbocycles. The number of benzene rings is 2. The van der Waals surface area contributed by atoms with Crippen LogP contribution in [0.25, 0.3) is 39.3 Å². The van der Waals surface area contributed by atoms with Gasteiger partial charge in [-0.1, -0.05) is 47.5 Å². The molecule has 3 aromatic heterocycles. The minimum Gasteiger partial charge on any atom is -0.268 e. The number of nitrogens with one attached hydrogen (secondary N) is 1. The molecule has 0 fully saturated rings. The summed E-state index contributed by atoms with van der Waals surface area (Å²) >= 11 is 12.4. The summed E-state index contributed by atoms with van der Waals surface area (Å²) in [5.74, 6) is 0.692. The number of nitrogens with zero attached hydrogens (tertiary/aromatic N) is 4. The summed E-state index contributed by atoms with van der Waals surface area (Å²) < 4.78 is 1.45. The van der Waals surface area contributed by atoms with Crippen molar-refractivity contribution in [2.45, 2.75) is 12.8 Å². The largest absolute Gasteiger partial charge is 0.271 e. The quantitative estimate of drug-likeness (QED) is 0.415. The van der Waals surface area contributed by atoms with Crippen molar-refractivity contribution in [1.29, 1.82) is 0 Å². The van der Waals surface area contributed by atoms with E-state index >= 15 is 0 Å². The van der Waals surface area contributed by atoms with E-state index in [4.69, 9.17) is 23.2 Å². The second-order valence-corrected chi connectivity index (χ2v) is 8.11. The molecule has 0 amide bonds. The van der Waals surface area contributed by atoms with E-state index in [-0.39, 0.29) is 5.56 Å². The van der Waals surface area contributed by atoms with Crippen molar-refractivity contribution in [1.82, 2.24) is 24.6 Å². The number of fused-ring (bicyclic) bond motifs is 6. The third-order valence-electron chi connectivity index (χ3n) is 5.57. The topological polar surface area (TPSA) is 75.9 Å². The normalized spacial score (nSPS) is 12.9. The molecule has 6 nitrogen and oxygen atoms in total. The van der Waals surface area contributed by atoms with Crippen molar-refractivity contribution >= 4 is 40.0 Å². The fourth-order valence-corrected chi connectivity index (χ4v) is 4.70. The predicted octanol–water partition coefficient (Wildman–Crippen LogP) is 4.71. The number of aromatic amines is 1. The van der Waals surface area contributed by atoms with Crippen molar-refractivity contribution in [3.8, 4) is 22.5 Å². The first-order valence-corrected chi connectivity index (χ1v) is 10.2. The Balaban J connectivity index is 1.74. The summed E-state index contributed by atoms with van der Waals surface area (Å²) in [6.07, 6.45) is 3.58. The average molecular weight is 434 g/mol. The molecule has 0 radical (unpaired) electrons. The van der Waals surface area contributed by atoms with Gasteiger partial charge in [-0.05, 0) is 47.7 Å². The number of rotatable bonds is 1. The molecule has 6 rings (SSSR count). The minimum atomic E-state index is -0.231. The zero-order valence-electron chi connectivity index (χ0n) is 15.5. The number of aryl methyl sites for hydroxylation is 2. The molecule has 146 valence electrons. The van der Waals surface area contributed by atoms with Crippen LogP contribution in [-0.2, 0) is 12.8 Å². The summed E-state index contributed by atoms with van der Waals surface area (Å²) in [6, 6.07) is 13.2. The monoisotopic (exact) mass is 433 g/mol. The molecule has 0 spiro atoms. The molecule has 1 aliphatic rings. The molecule has 8 heteroatoms. The van der Waals surface area contributed by atoms with E-state index in [9.17, 15) is 4.79 Å². The van der Waals surface area contributed by atoms with Gasteiger partial charge in [0.25, 0.3) is 5.56 Å².